The average Bonchev–Trinajstić information content (AvgIpc) is 3.53. The molecule has 0 amide bonds. The number of ether oxygens (including phenoxy) is 2. The maximum Gasteiger partial charge on any atom is 0.338 e. The summed E-state index contributed by atoms with van der Waals surface area (Å²) in [5.74, 6) is 0.964. The first-order valence-electron chi connectivity index (χ1n) is 13.0. The smallest absolute Gasteiger partial charge is 0.338 e. The molecule has 41 heavy (non-hydrogen) atoms. The number of fused-ring (bicyclic) bond motifs is 1. The monoisotopic (exact) mass is 573 g/mol. The van der Waals surface area contributed by atoms with Gasteiger partial charge in [-0.15, -0.1) is 0 Å². The minimum atomic E-state index is -0.747. The van der Waals surface area contributed by atoms with E-state index in [2.05, 4.69) is 4.99 Å². The van der Waals surface area contributed by atoms with E-state index in [1.54, 1.807) is 63.2 Å². The zero-order chi connectivity index (χ0) is 29.3. The van der Waals surface area contributed by atoms with Gasteiger partial charge in [0.25, 0.3) is 11.2 Å². The summed E-state index contributed by atoms with van der Waals surface area (Å²) in [4.78, 5) is 42.8. The molecule has 0 radical (unpaired) electrons. The molecule has 210 valence electrons. The van der Waals surface area contributed by atoms with E-state index < -0.39 is 16.9 Å². The van der Waals surface area contributed by atoms with Crippen molar-refractivity contribution in [3.63, 3.8) is 0 Å². The Balaban J connectivity index is 1.60. The minimum absolute atomic E-state index is 0.00387. The standard InChI is InChI=1S/C30H27N3O7S/c1-5-38-21-11-9-19(10-12-21)27-26(29(35)39-6-2)18(4)31-30-32(27)28(34)25(41-30)16-22-13-14-24(40-22)20-8-7-17(3)23(15-20)33(36)37/h7-16,27H,5-6H2,1-4H3/b25-16-/t27-/m1/s1. The number of nitro benzene ring substituents is 1. The zero-order valence-electron chi connectivity index (χ0n) is 22.9. The van der Waals surface area contributed by atoms with E-state index in [1.165, 1.54) is 22.0 Å². The van der Waals surface area contributed by atoms with Crippen molar-refractivity contribution in [2.24, 2.45) is 4.99 Å². The second-order valence-electron chi connectivity index (χ2n) is 9.26. The lowest BCUT2D eigenvalue weighted by Gasteiger charge is -2.24. The van der Waals surface area contributed by atoms with E-state index in [1.807, 2.05) is 19.1 Å². The largest absolute Gasteiger partial charge is 0.494 e. The van der Waals surface area contributed by atoms with Gasteiger partial charge in [-0.1, -0.05) is 35.6 Å². The molecule has 11 heteroatoms. The number of benzene rings is 2. The number of nitrogens with zero attached hydrogens (tertiary/aromatic N) is 3. The van der Waals surface area contributed by atoms with Gasteiger partial charge in [-0.25, -0.2) is 9.79 Å². The molecular weight excluding hydrogens is 546 g/mol. The number of hydrogen-bond acceptors (Lipinski definition) is 9. The molecule has 0 unspecified atom stereocenters. The zero-order valence-corrected chi connectivity index (χ0v) is 23.7. The lowest BCUT2D eigenvalue weighted by Crippen LogP contribution is -2.39. The van der Waals surface area contributed by atoms with Crippen LogP contribution in [0.15, 0.2) is 80.1 Å². The van der Waals surface area contributed by atoms with Gasteiger partial charge in [0.15, 0.2) is 4.80 Å². The predicted octanol–water partition coefficient (Wildman–Crippen LogP) is 4.67. The van der Waals surface area contributed by atoms with Crippen molar-refractivity contribution in [3.05, 3.63) is 113 Å². The first kappa shape index (κ1) is 27.8. The molecule has 0 bridgehead atoms. The summed E-state index contributed by atoms with van der Waals surface area (Å²) in [5, 5.41) is 11.4. The van der Waals surface area contributed by atoms with E-state index in [4.69, 9.17) is 13.9 Å². The van der Waals surface area contributed by atoms with Crippen LogP contribution in [0.25, 0.3) is 17.4 Å². The molecule has 10 nitrogen and oxygen atoms in total. The lowest BCUT2D eigenvalue weighted by molar-refractivity contribution is -0.385. The fourth-order valence-electron chi connectivity index (χ4n) is 4.69. The first-order chi connectivity index (χ1) is 19.7. The highest BCUT2D eigenvalue weighted by atomic mass is 32.1. The number of carbonyl (C=O) groups is 1. The van der Waals surface area contributed by atoms with Crippen LogP contribution in [-0.2, 0) is 9.53 Å². The molecule has 0 saturated heterocycles. The van der Waals surface area contributed by atoms with Crippen LogP contribution in [0, 0.1) is 17.0 Å². The Kier molecular flexibility index (Phi) is 7.71. The van der Waals surface area contributed by atoms with Gasteiger partial charge < -0.3 is 13.9 Å². The molecule has 1 atom stereocenters. The molecular formula is C30H27N3O7S. The third-order valence-corrected chi connectivity index (χ3v) is 7.60. The summed E-state index contributed by atoms with van der Waals surface area (Å²) < 4.78 is 18.7. The van der Waals surface area contributed by atoms with E-state index in [0.717, 1.165) is 0 Å². The quantitative estimate of drug-likeness (QED) is 0.170. The fourth-order valence-corrected chi connectivity index (χ4v) is 5.72. The summed E-state index contributed by atoms with van der Waals surface area (Å²) in [7, 11) is 0. The van der Waals surface area contributed by atoms with E-state index in [9.17, 15) is 19.7 Å². The Labute approximate surface area is 238 Å². The molecule has 5 rings (SSSR count). The SMILES string of the molecule is CCOC(=O)C1=C(C)N=c2s/c(=C\c3ccc(-c4ccc(C)c([N+](=O)[O-])c4)o3)c(=O)n2[C@@H]1c1ccc(OCC)cc1. The van der Waals surface area contributed by atoms with Gasteiger partial charge in [0.1, 0.15) is 17.3 Å². The molecule has 0 N–H and O–H groups in total. The molecule has 0 spiro atoms. The fraction of sp³-hybridized carbons (Fsp3) is 0.233. The summed E-state index contributed by atoms with van der Waals surface area (Å²) in [5.41, 5.74) is 2.22. The number of hydrogen-bond donors (Lipinski definition) is 0. The molecule has 1 aliphatic rings. The number of aryl methyl sites for hydroxylation is 1. The van der Waals surface area contributed by atoms with Crippen LogP contribution in [0.3, 0.4) is 0 Å². The highest BCUT2D eigenvalue weighted by Gasteiger charge is 2.33. The number of furan rings is 1. The summed E-state index contributed by atoms with van der Waals surface area (Å²) >= 11 is 1.18. The van der Waals surface area contributed by atoms with Crippen molar-refractivity contribution in [2.45, 2.75) is 33.7 Å². The van der Waals surface area contributed by atoms with Gasteiger partial charge in [-0.3, -0.25) is 19.5 Å². The van der Waals surface area contributed by atoms with Gasteiger partial charge in [0.05, 0.1) is 40.0 Å². The molecule has 0 aliphatic carbocycles. The average molecular weight is 574 g/mol. The number of allylic oxidation sites excluding steroid dienone is 1. The van der Waals surface area contributed by atoms with Crippen LogP contribution in [0.1, 0.15) is 43.7 Å². The van der Waals surface area contributed by atoms with Crippen LogP contribution >= 0.6 is 11.3 Å². The molecule has 0 saturated carbocycles. The molecule has 3 heterocycles. The summed E-state index contributed by atoms with van der Waals surface area (Å²) in [6, 6.07) is 14.8. The third kappa shape index (κ3) is 5.36. The van der Waals surface area contributed by atoms with Crippen molar-refractivity contribution < 1.29 is 23.6 Å². The minimum Gasteiger partial charge on any atom is -0.494 e. The maximum absolute atomic E-state index is 13.8. The van der Waals surface area contributed by atoms with Gasteiger partial charge >= 0.3 is 5.97 Å². The second-order valence-corrected chi connectivity index (χ2v) is 10.3. The lowest BCUT2D eigenvalue weighted by atomic mass is 9.96. The van der Waals surface area contributed by atoms with Crippen molar-refractivity contribution in [3.8, 4) is 17.1 Å². The Morgan fingerprint density at radius 2 is 1.88 bits per heavy atom. The van der Waals surface area contributed by atoms with Crippen LogP contribution in [0.5, 0.6) is 5.75 Å². The van der Waals surface area contributed by atoms with Crippen LogP contribution in [0.4, 0.5) is 5.69 Å². The molecule has 2 aromatic carbocycles. The number of thiazole rings is 1. The first-order valence-corrected chi connectivity index (χ1v) is 13.8. The molecule has 1 aliphatic heterocycles. The Bertz CT molecular complexity index is 1860. The van der Waals surface area contributed by atoms with Gasteiger partial charge in [0, 0.05) is 23.3 Å². The van der Waals surface area contributed by atoms with Crippen molar-refractivity contribution in [2.75, 3.05) is 13.2 Å². The number of carbonyl (C=O) groups excluding carboxylic acids is 1. The van der Waals surface area contributed by atoms with Crippen LogP contribution in [0.2, 0.25) is 0 Å². The van der Waals surface area contributed by atoms with Crippen LogP contribution in [-0.4, -0.2) is 28.7 Å². The predicted molar refractivity (Wildman–Crippen MR) is 154 cm³/mol. The van der Waals surface area contributed by atoms with E-state index in [-0.39, 0.29) is 23.4 Å². The summed E-state index contributed by atoms with van der Waals surface area (Å²) in [6.45, 7) is 7.71. The number of esters is 1. The number of nitro groups is 1. The summed E-state index contributed by atoms with van der Waals surface area (Å²) in [6.07, 6.45) is 1.61. The normalized spacial score (nSPS) is 14.9. The maximum atomic E-state index is 13.8. The Morgan fingerprint density at radius 3 is 2.56 bits per heavy atom. The highest BCUT2D eigenvalue weighted by molar-refractivity contribution is 7.07. The Morgan fingerprint density at radius 1 is 1.12 bits per heavy atom. The number of rotatable bonds is 8. The number of aromatic nitrogens is 1. The highest BCUT2D eigenvalue weighted by Crippen LogP contribution is 2.32. The van der Waals surface area contributed by atoms with Gasteiger partial charge in [-0.2, -0.15) is 0 Å². The third-order valence-electron chi connectivity index (χ3n) is 6.61. The second kappa shape index (κ2) is 11.4. The Hall–Kier alpha value is -4.77. The topological polar surface area (TPSA) is 126 Å². The van der Waals surface area contributed by atoms with Crippen molar-refractivity contribution >= 4 is 29.1 Å². The van der Waals surface area contributed by atoms with Gasteiger partial charge in [-0.05, 0) is 57.5 Å². The van der Waals surface area contributed by atoms with Crippen molar-refractivity contribution in [1.29, 1.82) is 0 Å². The van der Waals surface area contributed by atoms with Crippen molar-refractivity contribution in [1.82, 2.24) is 4.57 Å². The molecule has 0 fully saturated rings. The van der Waals surface area contributed by atoms with Gasteiger partial charge in [0.2, 0.25) is 0 Å². The van der Waals surface area contributed by atoms with Crippen LogP contribution < -0.4 is 19.6 Å². The molecule has 4 aromatic rings. The van der Waals surface area contributed by atoms with E-state index >= 15 is 0 Å². The van der Waals surface area contributed by atoms with E-state index in [0.29, 0.717) is 55.6 Å². The molecule has 2 aromatic heterocycles.